The highest BCUT2D eigenvalue weighted by molar-refractivity contribution is 4.43. The van der Waals surface area contributed by atoms with E-state index in [1.54, 1.807) is 0 Å². The van der Waals surface area contributed by atoms with Crippen molar-refractivity contribution in [2.24, 2.45) is 0 Å². The van der Waals surface area contributed by atoms with Crippen LogP contribution >= 0.6 is 0 Å². The van der Waals surface area contributed by atoms with E-state index in [0.29, 0.717) is 6.90 Å². The molecule has 0 aromatic rings. The van der Waals surface area contributed by atoms with Gasteiger partial charge in [0.15, 0.2) is 0 Å². The highest BCUT2D eigenvalue weighted by Crippen LogP contribution is 2.07. The second-order valence-electron chi connectivity index (χ2n) is 2.97. The minimum absolute atomic E-state index is 0.620. The second kappa shape index (κ2) is 9.00. The molecule has 10 heavy (non-hydrogen) atoms. The highest BCUT2D eigenvalue weighted by atomic mass is 13.9. The van der Waals surface area contributed by atoms with E-state index in [9.17, 15) is 0 Å². The summed E-state index contributed by atoms with van der Waals surface area (Å²) in [6, 6.07) is 0. The van der Waals surface area contributed by atoms with Gasteiger partial charge in [0, 0.05) is 1.37 Å². The molecule has 0 nitrogen and oxygen atoms in total. The summed E-state index contributed by atoms with van der Waals surface area (Å²) in [6.45, 7) is 2.87. The lowest BCUT2D eigenvalue weighted by atomic mass is 10.1. The SMILES string of the molecule is [2H]CCCCCCCCCC. The van der Waals surface area contributed by atoms with Crippen LogP contribution in [0.15, 0.2) is 0 Å². The van der Waals surface area contributed by atoms with Crippen LogP contribution in [0.25, 0.3) is 0 Å². The lowest BCUT2D eigenvalue weighted by molar-refractivity contribution is 0.585. The summed E-state index contributed by atoms with van der Waals surface area (Å²) in [6.07, 6.45) is 10.7. The Hall–Kier alpha value is 0. The Bertz CT molecular complexity index is 53.9. The van der Waals surface area contributed by atoms with E-state index >= 15 is 0 Å². The minimum Gasteiger partial charge on any atom is -0.0654 e. The summed E-state index contributed by atoms with van der Waals surface area (Å²) in [5.74, 6) is 0. The van der Waals surface area contributed by atoms with Gasteiger partial charge in [0.2, 0.25) is 0 Å². The lowest BCUT2D eigenvalue weighted by Crippen LogP contribution is -1.77. The largest absolute Gasteiger partial charge is 0.0654 e. The van der Waals surface area contributed by atoms with E-state index in [0.717, 1.165) is 6.42 Å². The smallest absolute Gasteiger partial charge is 0.0230 e. The first-order chi connectivity index (χ1) is 5.41. The quantitative estimate of drug-likeness (QED) is 0.470. The van der Waals surface area contributed by atoms with Gasteiger partial charge < -0.3 is 0 Å². The zero-order valence-corrected chi connectivity index (χ0v) is 7.36. The summed E-state index contributed by atoms with van der Waals surface area (Å²) in [4.78, 5) is 0. The van der Waals surface area contributed by atoms with Crippen LogP contribution in [0.2, 0.25) is 0 Å². The van der Waals surface area contributed by atoms with E-state index in [4.69, 9.17) is 1.37 Å². The van der Waals surface area contributed by atoms with Crippen LogP contribution in [0.5, 0.6) is 0 Å². The van der Waals surface area contributed by atoms with Gasteiger partial charge >= 0.3 is 0 Å². The molecule has 0 aliphatic rings. The topological polar surface area (TPSA) is 0 Å². The van der Waals surface area contributed by atoms with Gasteiger partial charge in [-0.05, 0) is 0 Å². The molecule has 0 rings (SSSR count). The molecule has 0 atom stereocenters. The Morgan fingerprint density at radius 2 is 1.30 bits per heavy atom. The second-order valence-corrected chi connectivity index (χ2v) is 2.97. The molecule has 0 aromatic heterocycles. The molecule has 0 spiro atoms. The Morgan fingerprint density at radius 3 is 1.80 bits per heavy atom. The number of hydrogen-bond donors (Lipinski definition) is 0. The zero-order valence-electron chi connectivity index (χ0n) is 8.36. The predicted molar refractivity (Wildman–Crippen MR) is 48.3 cm³/mol. The van der Waals surface area contributed by atoms with Gasteiger partial charge in [-0.25, -0.2) is 0 Å². The van der Waals surface area contributed by atoms with E-state index < -0.39 is 0 Å². The van der Waals surface area contributed by atoms with E-state index in [-0.39, 0.29) is 0 Å². The molecule has 0 radical (unpaired) electrons. The van der Waals surface area contributed by atoms with Crippen molar-refractivity contribution in [1.82, 2.24) is 0 Å². The van der Waals surface area contributed by atoms with Crippen LogP contribution in [0, 0.1) is 0 Å². The molecule has 0 unspecified atom stereocenters. The number of hydrogen-bond acceptors (Lipinski definition) is 0. The van der Waals surface area contributed by atoms with Gasteiger partial charge in [-0.3, -0.25) is 0 Å². The molecule has 0 aliphatic carbocycles. The first-order valence-electron chi connectivity index (χ1n) is 5.41. The average Bonchev–Trinajstić information content (AvgIpc) is 2.03. The summed E-state index contributed by atoms with van der Waals surface area (Å²) in [5, 5.41) is 0. The Kier molecular flexibility index (Phi) is 7.29. The predicted octanol–water partition coefficient (Wildman–Crippen LogP) is 4.15. The van der Waals surface area contributed by atoms with Gasteiger partial charge in [0.25, 0.3) is 0 Å². The maximum absolute atomic E-state index is 6.95. The van der Waals surface area contributed by atoms with Crippen LogP contribution < -0.4 is 0 Å². The summed E-state index contributed by atoms with van der Waals surface area (Å²) >= 11 is 0. The molecular formula is C10H22. The minimum atomic E-state index is 0.620. The van der Waals surface area contributed by atoms with Crippen molar-refractivity contribution in [3.05, 3.63) is 0 Å². The van der Waals surface area contributed by atoms with Gasteiger partial charge in [-0.2, -0.15) is 0 Å². The fourth-order valence-corrected chi connectivity index (χ4v) is 1.13. The Balaban J connectivity index is 2.69. The third-order valence-corrected chi connectivity index (χ3v) is 1.85. The standard InChI is InChI=1S/C10H22/c1-3-5-7-9-10-8-6-4-2/h3-10H2,1-2H3/i1D. The lowest BCUT2D eigenvalue weighted by Gasteiger charge is -1.97. The van der Waals surface area contributed by atoms with Crippen LogP contribution in [-0.2, 0) is 0 Å². The van der Waals surface area contributed by atoms with Crippen molar-refractivity contribution in [3.63, 3.8) is 0 Å². The number of unbranched alkanes of at least 4 members (excludes halogenated alkanes) is 7. The zero-order chi connectivity index (χ0) is 8.36. The van der Waals surface area contributed by atoms with Gasteiger partial charge in [-0.15, -0.1) is 0 Å². The fourth-order valence-electron chi connectivity index (χ4n) is 1.13. The van der Waals surface area contributed by atoms with Gasteiger partial charge in [-0.1, -0.05) is 65.2 Å². The number of rotatable bonds is 7. The maximum atomic E-state index is 6.95. The molecule has 0 fully saturated rings. The third-order valence-electron chi connectivity index (χ3n) is 1.85. The normalized spacial score (nSPS) is 11.5. The first-order valence-corrected chi connectivity index (χ1v) is 4.71. The highest BCUT2D eigenvalue weighted by Gasteiger charge is 1.87. The molecule has 0 aliphatic heterocycles. The monoisotopic (exact) mass is 143 g/mol. The van der Waals surface area contributed by atoms with Gasteiger partial charge in [0.05, 0.1) is 0 Å². The molecule has 0 N–H and O–H groups in total. The van der Waals surface area contributed by atoms with Crippen molar-refractivity contribution in [2.45, 2.75) is 65.2 Å². The molecular weight excluding hydrogens is 120 g/mol. The van der Waals surface area contributed by atoms with Crippen molar-refractivity contribution in [1.29, 1.82) is 0 Å². The molecule has 0 heteroatoms. The Morgan fingerprint density at radius 1 is 0.800 bits per heavy atom. The molecule has 0 saturated carbocycles. The summed E-state index contributed by atoms with van der Waals surface area (Å²) in [7, 11) is 0. The average molecular weight is 143 g/mol. The fraction of sp³-hybridized carbons (Fsp3) is 1.00. The van der Waals surface area contributed by atoms with E-state index in [1.807, 2.05) is 0 Å². The van der Waals surface area contributed by atoms with Crippen LogP contribution in [0.3, 0.4) is 0 Å². The maximum Gasteiger partial charge on any atom is 0.0230 e. The van der Waals surface area contributed by atoms with Crippen molar-refractivity contribution < 1.29 is 1.37 Å². The van der Waals surface area contributed by atoms with Gasteiger partial charge in [0.1, 0.15) is 0 Å². The van der Waals surface area contributed by atoms with Crippen LogP contribution in [0.1, 0.15) is 66.6 Å². The molecule has 0 aromatic carbocycles. The Labute approximate surface area is 67.4 Å². The molecule has 0 bridgehead atoms. The van der Waals surface area contributed by atoms with Crippen LogP contribution in [0.4, 0.5) is 0 Å². The van der Waals surface area contributed by atoms with Crippen molar-refractivity contribution in [2.75, 3.05) is 0 Å². The molecule has 62 valence electrons. The summed E-state index contributed by atoms with van der Waals surface area (Å²) in [5.41, 5.74) is 0. The molecule has 0 heterocycles. The molecule has 0 saturated heterocycles. The van der Waals surface area contributed by atoms with E-state index in [1.165, 1.54) is 44.9 Å². The molecule has 0 amide bonds. The summed E-state index contributed by atoms with van der Waals surface area (Å²) < 4.78 is 6.95. The van der Waals surface area contributed by atoms with Crippen molar-refractivity contribution in [3.8, 4) is 0 Å². The van der Waals surface area contributed by atoms with E-state index in [2.05, 4.69) is 6.92 Å². The van der Waals surface area contributed by atoms with Crippen molar-refractivity contribution >= 4 is 0 Å². The first kappa shape index (κ1) is 8.10. The van der Waals surface area contributed by atoms with Crippen LogP contribution in [-0.4, -0.2) is 0 Å². The third kappa shape index (κ3) is 8.00.